The molecule has 0 atom stereocenters. The van der Waals surface area contributed by atoms with Gasteiger partial charge >= 0.3 is 0 Å². The molecule has 110 valence electrons. The van der Waals surface area contributed by atoms with Gasteiger partial charge in [-0.05, 0) is 26.8 Å². The molecule has 0 unspecified atom stereocenters. The number of nitrogens with one attached hydrogen (secondary N) is 2. The van der Waals surface area contributed by atoms with Crippen molar-refractivity contribution >= 4 is 17.7 Å². The molecule has 1 aliphatic heterocycles. The van der Waals surface area contributed by atoms with Crippen LogP contribution in [-0.2, 0) is 10.5 Å². The quantitative estimate of drug-likeness (QED) is 0.780. The molecule has 0 fully saturated rings. The first-order valence-corrected chi connectivity index (χ1v) is 7.97. The predicted octanol–water partition coefficient (Wildman–Crippen LogP) is 1.56. The molecule has 0 bridgehead atoms. The number of aromatic nitrogens is 1. The van der Waals surface area contributed by atoms with Crippen LogP contribution in [0.4, 0.5) is 0 Å². The Balaban J connectivity index is 1.66. The van der Waals surface area contributed by atoms with Gasteiger partial charge in [-0.2, -0.15) is 0 Å². The predicted molar refractivity (Wildman–Crippen MR) is 80.7 cm³/mol. The molecule has 0 spiro atoms. The van der Waals surface area contributed by atoms with E-state index in [-0.39, 0.29) is 5.91 Å². The van der Waals surface area contributed by atoms with Crippen LogP contribution in [0, 0.1) is 13.8 Å². The van der Waals surface area contributed by atoms with E-state index in [2.05, 4.69) is 21.9 Å². The van der Waals surface area contributed by atoms with Crippen LogP contribution in [0.2, 0.25) is 0 Å². The smallest absolute Gasteiger partial charge is 0.230 e. The minimum absolute atomic E-state index is 0.0844. The zero-order chi connectivity index (χ0) is 14.4. The Labute approximate surface area is 123 Å². The van der Waals surface area contributed by atoms with Gasteiger partial charge in [0.25, 0.3) is 0 Å². The van der Waals surface area contributed by atoms with E-state index in [9.17, 15) is 4.79 Å². The minimum Gasteiger partial charge on any atom is -0.361 e. The van der Waals surface area contributed by atoms with Gasteiger partial charge < -0.3 is 15.2 Å². The fourth-order valence-corrected chi connectivity index (χ4v) is 3.05. The van der Waals surface area contributed by atoms with E-state index >= 15 is 0 Å². The van der Waals surface area contributed by atoms with Crippen molar-refractivity contribution in [3.63, 3.8) is 0 Å². The van der Waals surface area contributed by atoms with Crippen molar-refractivity contribution in [2.75, 3.05) is 25.4 Å². The van der Waals surface area contributed by atoms with Crippen molar-refractivity contribution in [1.29, 1.82) is 0 Å². The summed E-state index contributed by atoms with van der Waals surface area (Å²) in [6, 6.07) is 0. The molecule has 0 aliphatic carbocycles. The van der Waals surface area contributed by atoms with Gasteiger partial charge in [0, 0.05) is 24.4 Å². The third-order valence-electron chi connectivity index (χ3n) is 3.33. The standard InChI is InChI=1S/C14H21N3O2S/c1-10-13(11(2)19-17-10)8-20-9-14(18)16-7-12-3-5-15-6-4-12/h3,15H,4-9H2,1-2H3,(H,16,18). The molecule has 0 radical (unpaired) electrons. The second-order valence-corrected chi connectivity index (χ2v) is 5.87. The van der Waals surface area contributed by atoms with E-state index in [0.717, 1.165) is 42.3 Å². The lowest BCUT2D eigenvalue weighted by molar-refractivity contribution is -0.118. The van der Waals surface area contributed by atoms with Crippen molar-refractivity contribution in [1.82, 2.24) is 15.8 Å². The molecular formula is C14H21N3O2S. The molecule has 0 aromatic carbocycles. The number of rotatable bonds is 6. The zero-order valence-corrected chi connectivity index (χ0v) is 12.8. The number of aryl methyl sites for hydroxylation is 2. The van der Waals surface area contributed by atoms with Gasteiger partial charge in [0.15, 0.2) is 0 Å². The number of thioether (sulfide) groups is 1. The number of carbonyl (C=O) groups excluding carboxylic acids is 1. The van der Waals surface area contributed by atoms with E-state index in [1.807, 2.05) is 13.8 Å². The molecule has 2 heterocycles. The Hall–Kier alpha value is -1.27. The number of amides is 1. The summed E-state index contributed by atoms with van der Waals surface area (Å²) in [6.07, 6.45) is 3.17. The summed E-state index contributed by atoms with van der Waals surface area (Å²) in [5.74, 6) is 2.16. The summed E-state index contributed by atoms with van der Waals surface area (Å²) in [7, 11) is 0. The first-order chi connectivity index (χ1) is 9.66. The number of carbonyl (C=O) groups is 1. The fourth-order valence-electron chi connectivity index (χ4n) is 2.05. The van der Waals surface area contributed by atoms with E-state index in [1.54, 1.807) is 11.8 Å². The van der Waals surface area contributed by atoms with Crippen molar-refractivity contribution in [3.05, 3.63) is 28.7 Å². The van der Waals surface area contributed by atoms with Gasteiger partial charge in [-0.15, -0.1) is 11.8 Å². The summed E-state index contributed by atoms with van der Waals surface area (Å²) < 4.78 is 5.10. The maximum Gasteiger partial charge on any atom is 0.230 e. The highest BCUT2D eigenvalue weighted by Crippen LogP contribution is 2.19. The van der Waals surface area contributed by atoms with Gasteiger partial charge in [-0.1, -0.05) is 16.8 Å². The molecule has 1 amide bonds. The van der Waals surface area contributed by atoms with Crippen molar-refractivity contribution in [2.24, 2.45) is 0 Å². The Bertz CT molecular complexity index is 477. The highest BCUT2D eigenvalue weighted by Gasteiger charge is 2.10. The van der Waals surface area contributed by atoms with Crippen LogP contribution in [0.15, 0.2) is 16.2 Å². The molecule has 1 aromatic heterocycles. The maximum atomic E-state index is 11.8. The molecular weight excluding hydrogens is 274 g/mol. The Morgan fingerprint density at radius 1 is 1.55 bits per heavy atom. The second kappa shape index (κ2) is 7.50. The van der Waals surface area contributed by atoms with E-state index in [4.69, 9.17) is 4.52 Å². The van der Waals surface area contributed by atoms with Crippen molar-refractivity contribution in [2.45, 2.75) is 26.0 Å². The Morgan fingerprint density at radius 2 is 2.40 bits per heavy atom. The summed E-state index contributed by atoms with van der Waals surface area (Å²) in [4.78, 5) is 11.8. The average molecular weight is 295 g/mol. The number of nitrogens with zero attached hydrogens (tertiary/aromatic N) is 1. The Morgan fingerprint density at radius 3 is 3.05 bits per heavy atom. The molecule has 0 saturated heterocycles. The third kappa shape index (κ3) is 4.38. The first kappa shape index (κ1) is 15.1. The van der Waals surface area contributed by atoms with E-state index < -0.39 is 0 Å². The summed E-state index contributed by atoms with van der Waals surface area (Å²) in [6.45, 7) is 6.41. The van der Waals surface area contributed by atoms with Crippen LogP contribution in [0.25, 0.3) is 0 Å². The lowest BCUT2D eigenvalue weighted by Crippen LogP contribution is -2.30. The maximum absolute atomic E-state index is 11.8. The largest absolute Gasteiger partial charge is 0.361 e. The van der Waals surface area contributed by atoms with Gasteiger partial charge in [0.2, 0.25) is 5.91 Å². The van der Waals surface area contributed by atoms with Gasteiger partial charge in [-0.25, -0.2) is 0 Å². The number of hydrogen-bond acceptors (Lipinski definition) is 5. The highest BCUT2D eigenvalue weighted by atomic mass is 32.2. The van der Waals surface area contributed by atoms with Crippen LogP contribution in [0.5, 0.6) is 0 Å². The van der Waals surface area contributed by atoms with Crippen molar-refractivity contribution in [3.8, 4) is 0 Å². The molecule has 2 N–H and O–H groups in total. The van der Waals surface area contributed by atoms with Gasteiger partial charge in [-0.3, -0.25) is 4.79 Å². The normalized spacial score (nSPS) is 15.0. The third-order valence-corrected chi connectivity index (χ3v) is 4.29. The lowest BCUT2D eigenvalue weighted by Gasteiger charge is -2.14. The molecule has 2 rings (SSSR count). The van der Waals surface area contributed by atoms with E-state index in [0.29, 0.717) is 12.3 Å². The SMILES string of the molecule is Cc1noc(C)c1CSCC(=O)NCC1=CCNCC1. The van der Waals surface area contributed by atoms with Crippen LogP contribution < -0.4 is 10.6 Å². The second-order valence-electron chi connectivity index (χ2n) is 4.89. The van der Waals surface area contributed by atoms with Crippen LogP contribution in [0.1, 0.15) is 23.4 Å². The van der Waals surface area contributed by atoms with Crippen LogP contribution >= 0.6 is 11.8 Å². The summed E-state index contributed by atoms with van der Waals surface area (Å²) in [5.41, 5.74) is 3.33. The lowest BCUT2D eigenvalue weighted by atomic mass is 10.1. The number of hydrogen-bond donors (Lipinski definition) is 2. The Kier molecular flexibility index (Phi) is 5.67. The van der Waals surface area contributed by atoms with E-state index in [1.165, 1.54) is 5.57 Å². The summed E-state index contributed by atoms with van der Waals surface area (Å²) in [5, 5.41) is 10.1. The molecule has 6 heteroatoms. The molecule has 5 nitrogen and oxygen atoms in total. The average Bonchev–Trinajstić information content (AvgIpc) is 2.78. The first-order valence-electron chi connectivity index (χ1n) is 6.81. The van der Waals surface area contributed by atoms with Gasteiger partial charge in [0.1, 0.15) is 5.76 Å². The monoisotopic (exact) mass is 295 g/mol. The zero-order valence-electron chi connectivity index (χ0n) is 12.0. The topological polar surface area (TPSA) is 67.2 Å². The molecule has 1 aliphatic rings. The minimum atomic E-state index is 0.0844. The van der Waals surface area contributed by atoms with Crippen LogP contribution in [0.3, 0.4) is 0 Å². The molecule has 1 aromatic rings. The molecule has 0 saturated carbocycles. The van der Waals surface area contributed by atoms with Gasteiger partial charge in [0.05, 0.1) is 11.4 Å². The fraction of sp³-hybridized carbons (Fsp3) is 0.571. The van der Waals surface area contributed by atoms with Crippen molar-refractivity contribution < 1.29 is 9.32 Å². The molecule has 20 heavy (non-hydrogen) atoms. The summed E-state index contributed by atoms with van der Waals surface area (Å²) >= 11 is 1.59. The van der Waals surface area contributed by atoms with Crippen LogP contribution in [-0.4, -0.2) is 36.5 Å². The highest BCUT2D eigenvalue weighted by molar-refractivity contribution is 7.99.